The SMILES string of the molecule is O=C(NNc1ncnc(NCC2CCCO2)c1[N+](=O)[O-])c1ccccc1[N+](=O)[O-]. The molecule has 1 unspecified atom stereocenters. The summed E-state index contributed by atoms with van der Waals surface area (Å²) in [5.74, 6) is -1.16. The van der Waals surface area contributed by atoms with Gasteiger partial charge < -0.3 is 10.1 Å². The molecule has 1 atom stereocenters. The quantitative estimate of drug-likeness (QED) is 0.434. The predicted octanol–water partition coefficient (Wildman–Crippen LogP) is 1.64. The number of carbonyl (C=O) groups is 1. The monoisotopic (exact) mass is 403 g/mol. The third-order valence-electron chi connectivity index (χ3n) is 4.17. The van der Waals surface area contributed by atoms with Crippen molar-refractivity contribution in [3.63, 3.8) is 0 Å². The van der Waals surface area contributed by atoms with Crippen LogP contribution in [0.5, 0.6) is 0 Å². The van der Waals surface area contributed by atoms with Crippen molar-refractivity contribution in [2.24, 2.45) is 0 Å². The molecule has 2 aromatic rings. The highest BCUT2D eigenvalue weighted by Gasteiger charge is 2.26. The lowest BCUT2D eigenvalue weighted by Crippen LogP contribution is -2.31. The second-order valence-electron chi connectivity index (χ2n) is 6.05. The van der Waals surface area contributed by atoms with E-state index in [-0.39, 0.29) is 23.3 Å². The fraction of sp³-hybridized carbons (Fsp3) is 0.312. The van der Waals surface area contributed by atoms with Crippen molar-refractivity contribution in [1.82, 2.24) is 15.4 Å². The second kappa shape index (κ2) is 8.88. The first-order valence-electron chi connectivity index (χ1n) is 8.62. The molecule has 3 rings (SSSR count). The molecule has 1 fully saturated rings. The normalized spacial score (nSPS) is 15.5. The van der Waals surface area contributed by atoms with Gasteiger partial charge in [-0.2, -0.15) is 0 Å². The number of anilines is 2. The highest BCUT2D eigenvalue weighted by atomic mass is 16.6. The van der Waals surface area contributed by atoms with Gasteiger partial charge in [-0.15, -0.1) is 0 Å². The zero-order chi connectivity index (χ0) is 20.8. The number of nitrogens with one attached hydrogen (secondary N) is 3. The van der Waals surface area contributed by atoms with Crippen LogP contribution in [0.25, 0.3) is 0 Å². The molecule has 0 spiro atoms. The molecule has 2 heterocycles. The fourth-order valence-corrected chi connectivity index (χ4v) is 2.80. The number of benzene rings is 1. The molecule has 1 aliphatic heterocycles. The molecule has 1 aliphatic rings. The number of nitro groups is 2. The van der Waals surface area contributed by atoms with Crippen molar-refractivity contribution in [3.8, 4) is 0 Å². The Kier molecular flexibility index (Phi) is 6.09. The van der Waals surface area contributed by atoms with Crippen molar-refractivity contribution < 1.29 is 19.4 Å². The Morgan fingerprint density at radius 1 is 1.17 bits per heavy atom. The maximum Gasteiger partial charge on any atom is 0.354 e. The lowest BCUT2D eigenvalue weighted by Gasteiger charge is -2.13. The number of nitrogens with zero attached hydrogens (tertiary/aromatic N) is 4. The van der Waals surface area contributed by atoms with Gasteiger partial charge in [0.2, 0.25) is 11.6 Å². The Bertz CT molecular complexity index is 932. The molecule has 1 saturated heterocycles. The number of aromatic nitrogens is 2. The van der Waals surface area contributed by atoms with E-state index < -0.39 is 27.1 Å². The Hall–Kier alpha value is -3.87. The minimum atomic E-state index is -0.848. The van der Waals surface area contributed by atoms with Crippen LogP contribution < -0.4 is 16.2 Å². The molecule has 1 aromatic heterocycles. The summed E-state index contributed by atoms with van der Waals surface area (Å²) < 4.78 is 5.46. The number of ether oxygens (including phenoxy) is 1. The molecule has 0 radical (unpaired) electrons. The summed E-state index contributed by atoms with van der Waals surface area (Å²) >= 11 is 0. The van der Waals surface area contributed by atoms with Gasteiger partial charge in [0.1, 0.15) is 11.9 Å². The average molecular weight is 403 g/mol. The molecule has 1 aromatic carbocycles. The maximum atomic E-state index is 12.3. The van der Waals surface area contributed by atoms with E-state index >= 15 is 0 Å². The minimum Gasteiger partial charge on any atom is -0.376 e. The fourth-order valence-electron chi connectivity index (χ4n) is 2.80. The standard InChI is InChI=1S/C16H17N7O6/c24-16(11-5-1-2-6-12(11)22(25)26)21-20-15-13(23(27)28)14(18-9-19-15)17-8-10-4-3-7-29-10/h1-2,5-6,9-10H,3-4,7-8H2,(H,21,24)(H2,17,18,19,20). The Balaban J connectivity index is 1.75. The van der Waals surface area contributed by atoms with Crippen LogP contribution >= 0.6 is 0 Å². The molecule has 29 heavy (non-hydrogen) atoms. The number of hydrogen-bond donors (Lipinski definition) is 3. The van der Waals surface area contributed by atoms with E-state index in [9.17, 15) is 25.0 Å². The van der Waals surface area contributed by atoms with Gasteiger partial charge in [0.05, 0.1) is 16.0 Å². The molecule has 13 heteroatoms. The van der Waals surface area contributed by atoms with Crippen LogP contribution in [0.4, 0.5) is 23.0 Å². The van der Waals surface area contributed by atoms with Crippen molar-refractivity contribution in [2.75, 3.05) is 23.9 Å². The number of para-hydroxylation sites is 1. The van der Waals surface area contributed by atoms with Gasteiger partial charge in [-0.1, -0.05) is 12.1 Å². The van der Waals surface area contributed by atoms with E-state index in [1.54, 1.807) is 0 Å². The van der Waals surface area contributed by atoms with Crippen molar-refractivity contribution >= 4 is 28.9 Å². The van der Waals surface area contributed by atoms with Crippen molar-refractivity contribution in [1.29, 1.82) is 0 Å². The van der Waals surface area contributed by atoms with Crippen LogP contribution in [0, 0.1) is 20.2 Å². The van der Waals surface area contributed by atoms with Crippen LogP contribution in [0.2, 0.25) is 0 Å². The predicted molar refractivity (Wildman–Crippen MR) is 100 cm³/mol. The summed E-state index contributed by atoms with van der Waals surface area (Å²) in [4.78, 5) is 41.1. The Morgan fingerprint density at radius 3 is 2.62 bits per heavy atom. The number of amides is 1. The van der Waals surface area contributed by atoms with E-state index in [0.29, 0.717) is 13.2 Å². The van der Waals surface area contributed by atoms with E-state index in [1.807, 2.05) is 0 Å². The zero-order valence-electron chi connectivity index (χ0n) is 15.0. The Labute approximate surface area is 163 Å². The number of hydrazine groups is 1. The summed E-state index contributed by atoms with van der Waals surface area (Å²) in [6.07, 6.45) is 2.77. The maximum absolute atomic E-state index is 12.3. The van der Waals surface area contributed by atoms with Gasteiger partial charge in [0.15, 0.2) is 0 Å². The molecule has 1 amide bonds. The third kappa shape index (κ3) is 4.70. The van der Waals surface area contributed by atoms with Gasteiger partial charge in [0.25, 0.3) is 11.6 Å². The molecule has 152 valence electrons. The van der Waals surface area contributed by atoms with E-state index in [2.05, 4.69) is 26.1 Å². The zero-order valence-corrected chi connectivity index (χ0v) is 15.0. The van der Waals surface area contributed by atoms with Crippen LogP contribution in [-0.4, -0.2) is 45.0 Å². The van der Waals surface area contributed by atoms with Crippen molar-refractivity contribution in [2.45, 2.75) is 18.9 Å². The van der Waals surface area contributed by atoms with Gasteiger partial charge in [0, 0.05) is 19.2 Å². The highest BCUT2D eigenvalue weighted by molar-refractivity contribution is 5.98. The van der Waals surface area contributed by atoms with E-state index in [0.717, 1.165) is 19.2 Å². The van der Waals surface area contributed by atoms with Gasteiger partial charge in [-0.05, 0) is 18.9 Å². The lowest BCUT2D eigenvalue weighted by molar-refractivity contribution is -0.385. The van der Waals surface area contributed by atoms with Crippen LogP contribution in [0.1, 0.15) is 23.2 Å². The molecule has 0 aliphatic carbocycles. The van der Waals surface area contributed by atoms with Crippen LogP contribution in [-0.2, 0) is 4.74 Å². The molecular weight excluding hydrogens is 386 g/mol. The number of nitro benzene ring substituents is 1. The number of carbonyl (C=O) groups excluding carboxylic acids is 1. The highest BCUT2D eigenvalue weighted by Crippen LogP contribution is 2.29. The average Bonchev–Trinajstić information content (AvgIpc) is 3.23. The van der Waals surface area contributed by atoms with Crippen LogP contribution in [0.3, 0.4) is 0 Å². The van der Waals surface area contributed by atoms with Gasteiger partial charge >= 0.3 is 5.69 Å². The first kappa shape index (κ1) is 19.9. The molecule has 3 N–H and O–H groups in total. The van der Waals surface area contributed by atoms with Gasteiger partial charge in [-0.3, -0.25) is 35.9 Å². The van der Waals surface area contributed by atoms with E-state index in [1.165, 1.54) is 24.3 Å². The molecular formula is C16H17N7O6. The summed E-state index contributed by atoms with van der Waals surface area (Å²) in [5, 5.41) is 25.4. The number of rotatable bonds is 8. The summed E-state index contributed by atoms with van der Waals surface area (Å²) in [7, 11) is 0. The second-order valence-corrected chi connectivity index (χ2v) is 6.05. The largest absolute Gasteiger partial charge is 0.376 e. The van der Waals surface area contributed by atoms with Crippen molar-refractivity contribution in [3.05, 3.63) is 56.4 Å². The Morgan fingerprint density at radius 2 is 1.93 bits per heavy atom. The molecule has 13 nitrogen and oxygen atoms in total. The first-order chi connectivity index (χ1) is 14.0. The summed E-state index contributed by atoms with van der Waals surface area (Å²) in [5.41, 5.74) is 3.44. The van der Waals surface area contributed by atoms with Gasteiger partial charge in [-0.25, -0.2) is 9.97 Å². The third-order valence-corrected chi connectivity index (χ3v) is 4.17. The van der Waals surface area contributed by atoms with E-state index in [4.69, 9.17) is 4.74 Å². The lowest BCUT2D eigenvalue weighted by atomic mass is 10.2. The smallest absolute Gasteiger partial charge is 0.354 e. The summed E-state index contributed by atoms with van der Waals surface area (Å²) in [6.45, 7) is 0.975. The number of hydrogen-bond acceptors (Lipinski definition) is 10. The topological polar surface area (TPSA) is 174 Å². The van der Waals surface area contributed by atoms with Crippen LogP contribution in [0.15, 0.2) is 30.6 Å². The molecule has 0 saturated carbocycles. The molecule has 0 bridgehead atoms. The minimum absolute atomic E-state index is 0.0389. The summed E-state index contributed by atoms with van der Waals surface area (Å²) in [6, 6.07) is 5.32. The first-order valence-corrected chi connectivity index (χ1v) is 8.62.